The van der Waals surface area contributed by atoms with Gasteiger partial charge in [0.05, 0.1) is 0 Å². The van der Waals surface area contributed by atoms with Crippen molar-refractivity contribution in [3.63, 3.8) is 0 Å². The number of benzene rings is 2. The maximum Gasteiger partial charge on any atom is -0.0193 e. The van der Waals surface area contributed by atoms with Crippen LogP contribution in [0.15, 0.2) is 67.2 Å². The lowest BCUT2D eigenvalue weighted by atomic mass is 9.99. The molecule has 0 aliphatic rings. The first-order valence-electron chi connectivity index (χ1n) is 7.91. The molecule has 1 unspecified atom stereocenters. The second-order valence-electron chi connectivity index (χ2n) is 4.87. The van der Waals surface area contributed by atoms with Crippen LogP contribution in [0.3, 0.4) is 0 Å². The second-order valence-corrected chi connectivity index (χ2v) is 4.87. The second kappa shape index (κ2) is 12.0. The maximum atomic E-state index is 3.83. The van der Waals surface area contributed by atoms with Gasteiger partial charge in [-0.1, -0.05) is 101 Å². The molecule has 2 rings (SSSR count). The Morgan fingerprint density at radius 1 is 0.905 bits per heavy atom. The quantitative estimate of drug-likeness (QED) is 0.571. The molecule has 0 bridgehead atoms. The molecule has 0 fully saturated rings. The van der Waals surface area contributed by atoms with E-state index in [2.05, 4.69) is 62.9 Å². The number of hydrogen-bond acceptors (Lipinski definition) is 0. The first-order valence-corrected chi connectivity index (χ1v) is 7.91. The maximum absolute atomic E-state index is 3.83. The lowest BCUT2D eigenvalue weighted by Crippen LogP contribution is -1.88. The first-order chi connectivity index (χ1) is 10.1. The van der Waals surface area contributed by atoms with Crippen LogP contribution in [0.2, 0.25) is 0 Å². The van der Waals surface area contributed by atoms with Crippen molar-refractivity contribution >= 4 is 5.57 Å². The van der Waals surface area contributed by atoms with Gasteiger partial charge in [0.1, 0.15) is 0 Å². The van der Waals surface area contributed by atoms with Crippen molar-refractivity contribution in [1.82, 2.24) is 0 Å². The Kier molecular flexibility index (Phi) is 10.9. The van der Waals surface area contributed by atoms with Crippen LogP contribution in [0.25, 0.3) is 5.57 Å². The van der Waals surface area contributed by atoms with Crippen LogP contribution in [-0.2, 0) is 0 Å². The molecule has 0 heteroatoms. The smallest absolute Gasteiger partial charge is 0.0193 e. The highest BCUT2D eigenvalue weighted by Crippen LogP contribution is 2.16. The standard InChI is InChI=1S/C10H14.C9H10.C2H6/c1-3-9(2)10-7-5-4-6-8-10;1-8(2)9-6-4-3-5-7-9;1-2/h4-9H,3H2,1-2H3;3-7H,1H2,2H3;1-2H3. The van der Waals surface area contributed by atoms with Gasteiger partial charge in [-0.2, -0.15) is 0 Å². The van der Waals surface area contributed by atoms with Crippen LogP contribution in [0.5, 0.6) is 0 Å². The summed E-state index contributed by atoms with van der Waals surface area (Å²) in [5.41, 5.74) is 3.79. The van der Waals surface area contributed by atoms with E-state index in [-0.39, 0.29) is 0 Å². The Labute approximate surface area is 131 Å². The van der Waals surface area contributed by atoms with E-state index in [4.69, 9.17) is 0 Å². The molecule has 0 saturated carbocycles. The fourth-order valence-electron chi connectivity index (χ4n) is 1.74. The number of hydrogen-bond donors (Lipinski definition) is 0. The molecule has 2 aromatic carbocycles. The van der Waals surface area contributed by atoms with E-state index < -0.39 is 0 Å². The Bertz CT molecular complexity index is 468. The van der Waals surface area contributed by atoms with E-state index in [1.54, 1.807) is 0 Å². The Morgan fingerprint density at radius 3 is 1.67 bits per heavy atom. The highest BCUT2D eigenvalue weighted by Gasteiger charge is 1.98. The summed E-state index contributed by atoms with van der Waals surface area (Å²) in [7, 11) is 0. The summed E-state index contributed by atoms with van der Waals surface area (Å²) in [6.07, 6.45) is 1.23. The van der Waals surface area contributed by atoms with Gasteiger partial charge in [-0.3, -0.25) is 0 Å². The van der Waals surface area contributed by atoms with Crippen molar-refractivity contribution in [1.29, 1.82) is 0 Å². The van der Waals surface area contributed by atoms with Crippen LogP contribution >= 0.6 is 0 Å². The van der Waals surface area contributed by atoms with Crippen molar-refractivity contribution < 1.29 is 0 Å². The molecular formula is C21H30. The molecule has 0 saturated heterocycles. The van der Waals surface area contributed by atoms with Gasteiger partial charge in [-0.05, 0) is 30.4 Å². The molecule has 0 aromatic heterocycles. The predicted molar refractivity (Wildman–Crippen MR) is 97.6 cm³/mol. The zero-order valence-electron chi connectivity index (χ0n) is 14.3. The molecule has 0 amide bonds. The van der Waals surface area contributed by atoms with E-state index in [9.17, 15) is 0 Å². The largest absolute Gasteiger partial charge is 0.0955 e. The number of rotatable bonds is 3. The lowest BCUT2D eigenvalue weighted by Gasteiger charge is -2.06. The van der Waals surface area contributed by atoms with Crippen LogP contribution in [0, 0.1) is 0 Å². The van der Waals surface area contributed by atoms with E-state index >= 15 is 0 Å². The van der Waals surface area contributed by atoms with Gasteiger partial charge in [0.2, 0.25) is 0 Å². The summed E-state index contributed by atoms with van der Waals surface area (Å²) >= 11 is 0. The molecule has 2 aromatic rings. The van der Waals surface area contributed by atoms with Crippen molar-refractivity contribution in [2.24, 2.45) is 0 Å². The average molecular weight is 282 g/mol. The Balaban J connectivity index is 0.000000342. The Morgan fingerprint density at radius 2 is 1.33 bits per heavy atom. The fourth-order valence-corrected chi connectivity index (χ4v) is 1.74. The predicted octanol–water partition coefficient (Wildman–Crippen LogP) is 6.95. The molecule has 21 heavy (non-hydrogen) atoms. The highest BCUT2D eigenvalue weighted by molar-refractivity contribution is 5.60. The van der Waals surface area contributed by atoms with Crippen molar-refractivity contribution in [2.75, 3.05) is 0 Å². The molecule has 0 spiro atoms. The minimum atomic E-state index is 0.709. The summed E-state index contributed by atoms with van der Waals surface area (Å²) in [6, 6.07) is 20.8. The SMILES string of the molecule is C=C(C)c1ccccc1.CC.CCC(C)c1ccccc1. The van der Waals surface area contributed by atoms with Gasteiger partial charge in [0.25, 0.3) is 0 Å². The van der Waals surface area contributed by atoms with E-state index in [0.717, 1.165) is 5.57 Å². The van der Waals surface area contributed by atoms with Crippen LogP contribution < -0.4 is 0 Å². The van der Waals surface area contributed by atoms with Gasteiger partial charge < -0.3 is 0 Å². The highest BCUT2D eigenvalue weighted by atomic mass is 14.0. The van der Waals surface area contributed by atoms with Crippen molar-refractivity contribution in [2.45, 2.75) is 47.0 Å². The molecule has 0 heterocycles. The van der Waals surface area contributed by atoms with E-state index in [1.165, 1.54) is 17.5 Å². The average Bonchev–Trinajstić information content (AvgIpc) is 2.58. The first kappa shape index (κ1) is 19.2. The molecule has 1 atom stereocenters. The summed E-state index contributed by atoms with van der Waals surface area (Å²) in [5.74, 6) is 0.709. The van der Waals surface area contributed by atoms with E-state index in [0.29, 0.717) is 5.92 Å². The number of allylic oxidation sites excluding steroid dienone is 1. The molecule has 0 aliphatic carbocycles. The summed E-state index contributed by atoms with van der Waals surface area (Å²) in [5, 5.41) is 0. The molecule has 0 nitrogen and oxygen atoms in total. The zero-order chi connectivity index (χ0) is 16.1. The third kappa shape index (κ3) is 8.14. The molecule has 0 radical (unpaired) electrons. The molecule has 0 N–H and O–H groups in total. The lowest BCUT2D eigenvalue weighted by molar-refractivity contribution is 0.733. The molecule has 114 valence electrons. The zero-order valence-corrected chi connectivity index (χ0v) is 14.3. The Hall–Kier alpha value is -1.82. The minimum Gasteiger partial charge on any atom is -0.0955 e. The van der Waals surface area contributed by atoms with Gasteiger partial charge in [-0.25, -0.2) is 0 Å². The van der Waals surface area contributed by atoms with Crippen LogP contribution in [0.4, 0.5) is 0 Å². The third-order valence-electron chi connectivity index (χ3n) is 3.25. The van der Waals surface area contributed by atoms with Gasteiger partial charge >= 0.3 is 0 Å². The van der Waals surface area contributed by atoms with Crippen LogP contribution in [0.1, 0.15) is 58.1 Å². The summed E-state index contributed by atoms with van der Waals surface area (Å²) < 4.78 is 0. The van der Waals surface area contributed by atoms with Gasteiger partial charge in [-0.15, -0.1) is 0 Å². The van der Waals surface area contributed by atoms with Crippen LogP contribution in [-0.4, -0.2) is 0 Å². The fraction of sp³-hybridized carbons (Fsp3) is 0.333. The van der Waals surface area contributed by atoms with Crippen molar-refractivity contribution in [3.05, 3.63) is 78.4 Å². The summed E-state index contributed by atoms with van der Waals surface area (Å²) in [4.78, 5) is 0. The summed E-state index contributed by atoms with van der Waals surface area (Å²) in [6.45, 7) is 14.3. The van der Waals surface area contributed by atoms with E-state index in [1.807, 2.05) is 39.0 Å². The van der Waals surface area contributed by atoms with Gasteiger partial charge in [0.15, 0.2) is 0 Å². The third-order valence-corrected chi connectivity index (χ3v) is 3.25. The topological polar surface area (TPSA) is 0 Å². The monoisotopic (exact) mass is 282 g/mol. The minimum absolute atomic E-state index is 0.709. The molecular weight excluding hydrogens is 252 g/mol. The van der Waals surface area contributed by atoms with Crippen molar-refractivity contribution in [3.8, 4) is 0 Å². The normalized spacial score (nSPS) is 10.3. The van der Waals surface area contributed by atoms with Gasteiger partial charge in [0, 0.05) is 0 Å². The molecule has 0 aliphatic heterocycles.